The van der Waals surface area contributed by atoms with Gasteiger partial charge in [-0.3, -0.25) is 4.98 Å². The van der Waals surface area contributed by atoms with Crippen LogP contribution in [0.2, 0.25) is 0 Å². The van der Waals surface area contributed by atoms with E-state index in [9.17, 15) is 4.79 Å². The van der Waals surface area contributed by atoms with Gasteiger partial charge in [-0.25, -0.2) is 4.79 Å². The summed E-state index contributed by atoms with van der Waals surface area (Å²) in [7, 11) is 0. The van der Waals surface area contributed by atoms with Crippen LogP contribution in [-0.2, 0) is 6.54 Å². The first-order valence-corrected chi connectivity index (χ1v) is 6.62. The van der Waals surface area contributed by atoms with E-state index in [0.717, 1.165) is 16.5 Å². The molecule has 0 aliphatic carbocycles. The SMILES string of the molecule is Cl.NCc1ccc(C(=O)Oc2ccc3ncccc3c2)cc1. The van der Waals surface area contributed by atoms with Gasteiger partial charge in [0.05, 0.1) is 11.1 Å². The number of ether oxygens (including phenoxy) is 1. The fraction of sp³-hybridized carbons (Fsp3) is 0.0588. The molecule has 1 heterocycles. The third-order valence-corrected chi connectivity index (χ3v) is 3.21. The average Bonchev–Trinajstić information content (AvgIpc) is 2.55. The first-order chi connectivity index (χ1) is 10.3. The summed E-state index contributed by atoms with van der Waals surface area (Å²) < 4.78 is 5.38. The van der Waals surface area contributed by atoms with Crippen LogP contribution in [0.3, 0.4) is 0 Å². The maximum Gasteiger partial charge on any atom is 0.343 e. The van der Waals surface area contributed by atoms with Crippen LogP contribution < -0.4 is 10.5 Å². The Balaban J connectivity index is 0.00000176. The fourth-order valence-electron chi connectivity index (χ4n) is 2.06. The fourth-order valence-corrected chi connectivity index (χ4v) is 2.06. The van der Waals surface area contributed by atoms with Crippen LogP contribution in [0, 0.1) is 0 Å². The third-order valence-electron chi connectivity index (χ3n) is 3.21. The molecule has 2 aromatic carbocycles. The molecule has 0 bridgehead atoms. The molecule has 0 atom stereocenters. The van der Waals surface area contributed by atoms with Gasteiger partial charge in [-0.2, -0.15) is 0 Å². The minimum Gasteiger partial charge on any atom is -0.423 e. The number of esters is 1. The van der Waals surface area contributed by atoms with Crippen molar-refractivity contribution >= 4 is 29.3 Å². The van der Waals surface area contributed by atoms with Crippen LogP contribution in [0.25, 0.3) is 10.9 Å². The molecular weight excluding hydrogens is 300 g/mol. The summed E-state index contributed by atoms with van der Waals surface area (Å²) >= 11 is 0. The maximum atomic E-state index is 12.1. The number of pyridine rings is 1. The molecule has 4 nitrogen and oxygen atoms in total. The molecule has 0 spiro atoms. The summed E-state index contributed by atoms with van der Waals surface area (Å²) in [6, 6.07) is 16.2. The lowest BCUT2D eigenvalue weighted by molar-refractivity contribution is 0.0735. The lowest BCUT2D eigenvalue weighted by Gasteiger charge is -2.06. The number of aromatic nitrogens is 1. The highest BCUT2D eigenvalue weighted by Crippen LogP contribution is 2.20. The molecule has 0 aliphatic rings. The highest BCUT2D eigenvalue weighted by molar-refractivity contribution is 5.91. The van der Waals surface area contributed by atoms with Crippen molar-refractivity contribution in [3.63, 3.8) is 0 Å². The molecule has 0 saturated carbocycles. The monoisotopic (exact) mass is 314 g/mol. The molecule has 0 saturated heterocycles. The number of benzene rings is 2. The third kappa shape index (κ3) is 3.42. The molecule has 0 unspecified atom stereocenters. The maximum absolute atomic E-state index is 12.1. The highest BCUT2D eigenvalue weighted by Gasteiger charge is 2.09. The summed E-state index contributed by atoms with van der Waals surface area (Å²) in [5, 5.41) is 0.932. The van der Waals surface area contributed by atoms with Gasteiger partial charge >= 0.3 is 5.97 Å². The summed E-state index contributed by atoms with van der Waals surface area (Å²) in [6.07, 6.45) is 1.73. The van der Waals surface area contributed by atoms with Crippen molar-refractivity contribution in [2.75, 3.05) is 0 Å². The number of carbonyl (C=O) groups excluding carboxylic acids is 1. The van der Waals surface area contributed by atoms with Crippen LogP contribution in [-0.4, -0.2) is 11.0 Å². The second-order valence-corrected chi connectivity index (χ2v) is 4.65. The molecule has 0 radical (unpaired) electrons. The Morgan fingerprint density at radius 3 is 2.59 bits per heavy atom. The van der Waals surface area contributed by atoms with E-state index in [1.165, 1.54) is 0 Å². The Morgan fingerprint density at radius 2 is 1.86 bits per heavy atom. The number of hydrogen-bond donors (Lipinski definition) is 1. The molecule has 2 N–H and O–H groups in total. The second kappa shape index (κ2) is 7.02. The van der Waals surface area contributed by atoms with Gasteiger partial charge in [0.2, 0.25) is 0 Å². The standard InChI is InChI=1S/C17H14N2O2.ClH/c18-11-12-3-5-13(6-4-12)17(20)21-15-7-8-16-14(10-15)2-1-9-19-16;/h1-10H,11,18H2;1H. The Labute approximate surface area is 134 Å². The molecule has 0 fully saturated rings. The Kier molecular flexibility index (Phi) is 5.09. The zero-order valence-electron chi connectivity index (χ0n) is 11.7. The number of fused-ring (bicyclic) bond motifs is 1. The van der Waals surface area contributed by atoms with E-state index in [-0.39, 0.29) is 18.4 Å². The van der Waals surface area contributed by atoms with Gasteiger partial charge in [0.15, 0.2) is 0 Å². The van der Waals surface area contributed by atoms with E-state index >= 15 is 0 Å². The van der Waals surface area contributed by atoms with Gasteiger partial charge in [0, 0.05) is 18.1 Å². The zero-order valence-corrected chi connectivity index (χ0v) is 12.5. The summed E-state index contributed by atoms with van der Waals surface area (Å²) in [5.74, 6) is 0.116. The molecule has 3 aromatic rings. The summed E-state index contributed by atoms with van der Waals surface area (Å²) in [6.45, 7) is 0.451. The van der Waals surface area contributed by atoms with E-state index < -0.39 is 0 Å². The molecule has 3 rings (SSSR count). The molecule has 5 heteroatoms. The first kappa shape index (κ1) is 15.9. The van der Waals surface area contributed by atoms with E-state index in [1.54, 1.807) is 30.5 Å². The topological polar surface area (TPSA) is 65.2 Å². The number of hydrogen-bond acceptors (Lipinski definition) is 4. The van der Waals surface area contributed by atoms with Gasteiger partial charge in [0.1, 0.15) is 5.75 Å². The van der Waals surface area contributed by atoms with Crippen LogP contribution >= 0.6 is 12.4 Å². The van der Waals surface area contributed by atoms with Crippen molar-refractivity contribution in [1.82, 2.24) is 4.98 Å². The number of nitrogens with zero attached hydrogens (tertiary/aromatic N) is 1. The zero-order chi connectivity index (χ0) is 14.7. The Hall–Kier alpha value is -2.43. The molecule has 1 aromatic heterocycles. The first-order valence-electron chi connectivity index (χ1n) is 6.62. The van der Waals surface area contributed by atoms with Gasteiger partial charge in [0.25, 0.3) is 0 Å². The lowest BCUT2D eigenvalue weighted by atomic mass is 10.1. The smallest absolute Gasteiger partial charge is 0.343 e. The average molecular weight is 315 g/mol. The summed E-state index contributed by atoms with van der Waals surface area (Å²) in [5.41, 5.74) is 7.87. The minimum absolute atomic E-state index is 0. The van der Waals surface area contributed by atoms with Crippen molar-refractivity contribution in [2.45, 2.75) is 6.54 Å². The van der Waals surface area contributed by atoms with Gasteiger partial charge in [-0.05, 0) is 42.0 Å². The molecule has 22 heavy (non-hydrogen) atoms. The second-order valence-electron chi connectivity index (χ2n) is 4.65. The van der Waals surface area contributed by atoms with Gasteiger partial charge < -0.3 is 10.5 Å². The van der Waals surface area contributed by atoms with Crippen molar-refractivity contribution in [3.8, 4) is 5.75 Å². The van der Waals surface area contributed by atoms with Crippen LogP contribution in [0.5, 0.6) is 5.75 Å². The molecule has 0 amide bonds. The summed E-state index contributed by atoms with van der Waals surface area (Å²) in [4.78, 5) is 16.3. The number of rotatable bonds is 3. The van der Waals surface area contributed by atoms with Crippen molar-refractivity contribution < 1.29 is 9.53 Å². The number of nitrogens with two attached hydrogens (primary N) is 1. The minimum atomic E-state index is -0.387. The number of halogens is 1. The van der Waals surface area contributed by atoms with E-state index in [2.05, 4.69) is 4.98 Å². The predicted octanol–water partition coefficient (Wildman–Crippen LogP) is 3.33. The highest BCUT2D eigenvalue weighted by atomic mass is 35.5. The molecular formula is C17H15ClN2O2. The molecule has 0 aliphatic heterocycles. The van der Waals surface area contributed by atoms with E-state index in [0.29, 0.717) is 17.9 Å². The Morgan fingerprint density at radius 1 is 1.09 bits per heavy atom. The van der Waals surface area contributed by atoms with Crippen molar-refractivity contribution in [2.24, 2.45) is 5.73 Å². The van der Waals surface area contributed by atoms with Gasteiger partial charge in [-0.1, -0.05) is 18.2 Å². The van der Waals surface area contributed by atoms with E-state index in [1.807, 2.05) is 30.3 Å². The quantitative estimate of drug-likeness (QED) is 0.595. The molecule has 112 valence electrons. The Bertz CT molecular complexity index is 788. The van der Waals surface area contributed by atoms with E-state index in [4.69, 9.17) is 10.5 Å². The normalized spacial score (nSPS) is 10.0. The van der Waals surface area contributed by atoms with Crippen LogP contribution in [0.15, 0.2) is 60.8 Å². The van der Waals surface area contributed by atoms with Crippen molar-refractivity contribution in [3.05, 3.63) is 71.9 Å². The van der Waals surface area contributed by atoms with Gasteiger partial charge in [-0.15, -0.1) is 12.4 Å². The largest absolute Gasteiger partial charge is 0.423 e. The number of carbonyl (C=O) groups is 1. The van der Waals surface area contributed by atoms with Crippen LogP contribution in [0.1, 0.15) is 15.9 Å². The predicted molar refractivity (Wildman–Crippen MR) is 88.3 cm³/mol. The van der Waals surface area contributed by atoms with Crippen LogP contribution in [0.4, 0.5) is 0 Å². The van der Waals surface area contributed by atoms with Crippen molar-refractivity contribution in [1.29, 1.82) is 0 Å². The lowest BCUT2D eigenvalue weighted by Crippen LogP contribution is -2.08.